The SMILES string of the molecule is COC(=O)c1cc(N2CC[C@@H](NC(=O)OCc3ccccc3)[C@@H](OC)C2)ccn1. The summed E-state index contributed by atoms with van der Waals surface area (Å²) in [5, 5.41) is 2.90. The van der Waals surface area contributed by atoms with Gasteiger partial charge in [-0.25, -0.2) is 14.6 Å². The van der Waals surface area contributed by atoms with Crippen molar-refractivity contribution in [2.75, 3.05) is 32.2 Å². The molecule has 29 heavy (non-hydrogen) atoms. The molecule has 1 amide bonds. The highest BCUT2D eigenvalue weighted by Gasteiger charge is 2.31. The highest BCUT2D eigenvalue weighted by Crippen LogP contribution is 2.22. The number of hydrogen-bond donors (Lipinski definition) is 1. The van der Waals surface area contributed by atoms with Gasteiger partial charge >= 0.3 is 12.1 Å². The molecule has 0 unspecified atom stereocenters. The number of piperidine rings is 1. The van der Waals surface area contributed by atoms with Gasteiger partial charge in [0.2, 0.25) is 0 Å². The number of methoxy groups -OCH3 is 2. The van der Waals surface area contributed by atoms with Gasteiger partial charge in [-0.15, -0.1) is 0 Å². The first-order valence-electron chi connectivity index (χ1n) is 9.40. The quantitative estimate of drug-likeness (QED) is 0.746. The number of hydrogen-bond acceptors (Lipinski definition) is 7. The molecule has 8 heteroatoms. The number of carbonyl (C=O) groups excluding carboxylic acids is 2. The average molecular weight is 399 g/mol. The predicted octanol–water partition coefficient (Wildman–Crippen LogP) is 2.39. The normalized spacial score (nSPS) is 18.8. The van der Waals surface area contributed by atoms with Crippen LogP contribution < -0.4 is 10.2 Å². The van der Waals surface area contributed by atoms with Gasteiger partial charge in [0.15, 0.2) is 0 Å². The molecule has 0 saturated carbocycles. The summed E-state index contributed by atoms with van der Waals surface area (Å²) < 4.78 is 15.6. The lowest BCUT2D eigenvalue weighted by molar-refractivity contribution is 0.0545. The average Bonchev–Trinajstić information content (AvgIpc) is 2.78. The summed E-state index contributed by atoms with van der Waals surface area (Å²) in [6.45, 7) is 1.47. The molecule has 0 aliphatic carbocycles. The minimum absolute atomic E-state index is 0.165. The Labute approximate surface area is 169 Å². The van der Waals surface area contributed by atoms with E-state index in [1.165, 1.54) is 7.11 Å². The number of aromatic nitrogens is 1. The molecule has 3 rings (SSSR count). The van der Waals surface area contributed by atoms with Crippen molar-refractivity contribution in [1.82, 2.24) is 10.3 Å². The number of ether oxygens (including phenoxy) is 3. The third kappa shape index (κ3) is 5.45. The molecule has 1 saturated heterocycles. The van der Waals surface area contributed by atoms with Gasteiger partial charge in [-0.3, -0.25) is 0 Å². The zero-order valence-corrected chi connectivity index (χ0v) is 16.5. The number of benzene rings is 1. The molecule has 8 nitrogen and oxygen atoms in total. The summed E-state index contributed by atoms with van der Waals surface area (Å²) in [5.41, 5.74) is 2.04. The molecule has 154 valence electrons. The second kappa shape index (κ2) is 9.88. The summed E-state index contributed by atoms with van der Waals surface area (Å²) in [6, 6.07) is 12.9. The maximum atomic E-state index is 12.2. The van der Waals surface area contributed by atoms with Crippen molar-refractivity contribution >= 4 is 17.7 Å². The molecule has 1 N–H and O–H groups in total. The minimum Gasteiger partial charge on any atom is -0.464 e. The van der Waals surface area contributed by atoms with Crippen molar-refractivity contribution in [3.05, 3.63) is 59.9 Å². The monoisotopic (exact) mass is 399 g/mol. The lowest BCUT2D eigenvalue weighted by Crippen LogP contribution is -2.55. The molecule has 1 fully saturated rings. The van der Waals surface area contributed by atoms with Crippen LogP contribution in [0, 0.1) is 0 Å². The minimum atomic E-state index is -0.479. The smallest absolute Gasteiger partial charge is 0.407 e. The lowest BCUT2D eigenvalue weighted by atomic mass is 10.0. The van der Waals surface area contributed by atoms with E-state index in [0.29, 0.717) is 19.5 Å². The number of pyridine rings is 1. The lowest BCUT2D eigenvalue weighted by Gasteiger charge is -2.39. The summed E-state index contributed by atoms with van der Waals surface area (Å²) in [4.78, 5) is 30.0. The fraction of sp³-hybridized carbons (Fsp3) is 0.381. The van der Waals surface area contributed by atoms with E-state index < -0.39 is 12.1 Å². The Morgan fingerprint density at radius 2 is 2.00 bits per heavy atom. The van der Waals surface area contributed by atoms with Crippen molar-refractivity contribution in [3.63, 3.8) is 0 Å². The Hall–Kier alpha value is -3.13. The highest BCUT2D eigenvalue weighted by atomic mass is 16.5. The van der Waals surface area contributed by atoms with E-state index in [9.17, 15) is 9.59 Å². The summed E-state index contributed by atoms with van der Waals surface area (Å²) in [6.07, 6.45) is 1.57. The van der Waals surface area contributed by atoms with Crippen LogP contribution in [0.25, 0.3) is 0 Å². The van der Waals surface area contributed by atoms with Crippen LogP contribution >= 0.6 is 0 Å². The highest BCUT2D eigenvalue weighted by molar-refractivity contribution is 5.88. The third-order valence-electron chi connectivity index (χ3n) is 4.88. The summed E-state index contributed by atoms with van der Waals surface area (Å²) in [5.74, 6) is -0.479. The molecular weight excluding hydrogens is 374 g/mol. The first-order chi connectivity index (χ1) is 14.1. The number of nitrogens with zero attached hydrogens (tertiary/aromatic N) is 2. The number of anilines is 1. The van der Waals surface area contributed by atoms with Gasteiger partial charge in [0.1, 0.15) is 12.3 Å². The van der Waals surface area contributed by atoms with E-state index in [1.807, 2.05) is 36.4 Å². The van der Waals surface area contributed by atoms with Crippen molar-refractivity contribution in [3.8, 4) is 0 Å². The molecule has 2 aromatic rings. The number of alkyl carbamates (subject to hydrolysis) is 1. The van der Waals surface area contributed by atoms with Crippen LogP contribution in [0.5, 0.6) is 0 Å². The molecule has 2 atom stereocenters. The largest absolute Gasteiger partial charge is 0.464 e. The van der Waals surface area contributed by atoms with Crippen LogP contribution in [0.2, 0.25) is 0 Å². The standard InChI is InChI=1S/C21H25N3O5/c1-27-19-13-24(16-8-10-22-18(12-16)20(25)28-2)11-9-17(19)23-21(26)29-14-15-6-4-3-5-7-15/h3-8,10,12,17,19H,9,11,13-14H2,1-2H3,(H,23,26)/t17-,19+/m1/s1. The Kier molecular flexibility index (Phi) is 7.02. The zero-order chi connectivity index (χ0) is 20.6. The van der Waals surface area contributed by atoms with Crippen LogP contribution in [0.4, 0.5) is 10.5 Å². The van der Waals surface area contributed by atoms with Crippen molar-refractivity contribution < 1.29 is 23.8 Å². The second-order valence-electron chi connectivity index (χ2n) is 6.71. The van der Waals surface area contributed by atoms with Crippen LogP contribution in [0.1, 0.15) is 22.5 Å². The fourth-order valence-electron chi connectivity index (χ4n) is 3.30. The number of rotatable bonds is 6. The Morgan fingerprint density at radius 1 is 1.21 bits per heavy atom. The Morgan fingerprint density at radius 3 is 2.72 bits per heavy atom. The molecule has 0 spiro atoms. The van der Waals surface area contributed by atoms with Gasteiger partial charge in [0.05, 0.1) is 19.3 Å². The number of carbonyl (C=O) groups is 2. The molecule has 1 aliphatic rings. The molecule has 0 bridgehead atoms. The van der Waals surface area contributed by atoms with Gasteiger partial charge in [-0.1, -0.05) is 30.3 Å². The fourth-order valence-corrected chi connectivity index (χ4v) is 3.30. The van der Waals surface area contributed by atoms with Crippen molar-refractivity contribution in [1.29, 1.82) is 0 Å². The van der Waals surface area contributed by atoms with Crippen LogP contribution in [0.15, 0.2) is 48.7 Å². The van der Waals surface area contributed by atoms with Gasteiger partial charge < -0.3 is 24.4 Å². The molecule has 1 aromatic carbocycles. The molecule has 1 aromatic heterocycles. The van der Waals surface area contributed by atoms with Gasteiger partial charge in [0.25, 0.3) is 0 Å². The van der Waals surface area contributed by atoms with Crippen LogP contribution in [-0.4, -0.2) is 56.5 Å². The number of nitrogens with one attached hydrogen (secondary N) is 1. The Balaban J connectivity index is 1.56. The number of amides is 1. The van der Waals surface area contributed by atoms with Gasteiger partial charge in [0, 0.05) is 32.1 Å². The van der Waals surface area contributed by atoms with E-state index in [-0.39, 0.29) is 24.4 Å². The van der Waals surface area contributed by atoms with Gasteiger partial charge in [-0.2, -0.15) is 0 Å². The van der Waals surface area contributed by atoms with E-state index >= 15 is 0 Å². The van der Waals surface area contributed by atoms with E-state index in [4.69, 9.17) is 14.2 Å². The van der Waals surface area contributed by atoms with E-state index in [0.717, 1.165) is 11.3 Å². The van der Waals surface area contributed by atoms with Crippen LogP contribution in [0.3, 0.4) is 0 Å². The first-order valence-corrected chi connectivity index (χ1v) is 9.40. The summed E-state index contributed by atoms with van der Waals surface area (Å²) in [7, 11) is 2.94. The van der Waals surface area contributed by atoms with Crippen LogP contribution in [-0.2, 0) is 20.8 Å². The third-order valence-corrected chi connectivity index (χ3v) is 4.88. The molecule has 0 radical (unpaired) electrons. The predicted molar refractivity (Wildman–Crippen MR) is 107 cm³/mol. The van der Waals surface area contributed by atoms with Gasteiger partial charge in [-0.05, 0) is 24.1 Å². The maximum absolute atomic E-state index is 12.2. The summed E-state index contributed by atoms with van der Waals surface area (Å²) >= 11 is 0. The van der Waals surface area contributed by atoms with E-state index in [1.54, 1.807) is 19.4 Å². The topological polar surface area (TPSA) is 90.0 Å². The maximum Gasteiger partial charge on any atom is 0.407 e. The van der Waals surface area contributed by atoms with Crippen molar-refractivity contribution in [2.45, 2.75) is 25.2 Å². The zero-order valence-electron chi connectivity index (χ0n) is 16.5. The molecule has 2 heterocycles. The number of esters is 1. The van der Waals surface area contributed by atoms with Crippen molar-refractivity contribution in [2.24, 2.45) is 0 Å². The molecular formula is C21H25N3O5. The first kappa shape index (κ1) is 20.6. The Bertz CT molecular complexity index is 830. The second-order valence-corrected chi connectivity index (χ2v) is 6.71. The molecule has 1 aliphatic heterocycles. The van der Waals surface area contributed by atoms with E-state index in [2.05, 4.69) is 15.2 Å².